The Bertz CT molecular complexity index is 277. The summed E-state index contributed by atoms with van der Waals surface area (Å²) in [4.78, 5) is 1.19. The predicted octanol–water partition coefficient (Wildman–Crippen LogP) is 2.67. The largest absolute Gasteiger partial charge is 0.271 e. The van der Waals surface area contributed by atoms with Gasteiger partial charge in [0.25, 0.3) is 0 Å². The standard InChI is InChI=1S/C10H15ClN2S/c1-2-9(13-12)7-14-10-5-3-4-8(11)6-10/h3-6,9,13H,2,7,12H2,1H3. The maximum absolute atomic E-state index is 5.87. The minimum absolute atomic E-state index is 0.360. The molecule has 2 nitrogen and oxygen atoms in total. The molecule has 0 saturated carbocycles. The molecular weight excluding hydrogens is 216 g/mol. The lowest BCUT2D eigenvalue weighted by Crippen LogP contribution is -2.36. The number of nitrogens with one attached hydrogen (secondary N) is 1. The molecule has 0 aliphatic carbocycles. The highest BCUT2D eigenvalue weighted by atomic mass is 35.5. The van der Waals surface area contributed by atoms with E-state index >= 15 is 0 Å². The minimum atomic E-state index is 0.360. The summed E-state index contributed by atoms with van der Waals surface area (Å²) in [6.45, 7) is 2.11. The second-order valence-electron chi connectivity index (χ2n) is 3.04. The molecule has 78 valence electrons. The van der Waals surface area contributed by atoms with E-state index in [9.17, 15) is 0 Å². The van der Waals surface area contributed by atoms with E-state index in [1.54, 1.807) is 11.8 Å². The highest BCUT2D eigenvalue weighted by Crippen LogP contribution is 2.22. The third-order valence-electron chi connectivity index (χ3n) is 1.98. The van der Waals surface area contributed by atoms with Crippen LogP contribution in [0, 0.1) is 0 Å². The van der Waals surface area contributed by atoms with Gasteiger partial charge >= 0.3 is 0 Å². The van der Waals surface area contributed by atoms with Crippen LogP contribution in [0.1, 0.15) is 13.3 Å². The first-order chi connectivity index (χ1) is 6.76. The molecule has 14 heavy (non-hydrogen) atoms. The van der Waals surface area contributed by atoms with E-state index in [0.29, 0.717) is 6.04 Å². The first-order valence-electron chi connectivity index (χ1n) is 4.60. The molecule has 0 heterocycles. The topological polar surface area (TPSA) is 38.0 Å². The smallest absolute Gasteiger partial charge is 0.0417 e. The molecule has 1 atom stereocenters. The van der Waals surface area contributed by atoms with Gasteiger partial charge in [-0.15, -0.1) is 11.8 Å². The lowest BCUT2D eigenvalue weighted by atomic mass is 10.3. The maximum Gasteiger partial charge on any atom is 0.0417 e. The Labute approximate surface area is 94.2 Å². The van der Waals surface area contributed by atoms with Crippen LogP contribution in [-0.4, -0.2) is 11.8 Å². The number of hydrazine groups is 1. The SMILES string of the molecule is CCC(CSc1cccc(Cl)c1)NN. The van der Waals surface area contributed by atoms with Crippen molar-refractivity contribution >= 4 is 23.4 Å². The molecule has 0 bridgehead atoms. The van der Waals surface area contributed by atoms with Crippen molar-refractivity contribution in [3.63, 3.8) is 0 Å². The van der Waals surface area contributed by atoms with Crippen LogP contribution >= 0.6 is 23.4 Å². The Morgan fingerprint density at radius 3 is 2.93 bits per heavy atom. The average Bonchev–Trinajstić information content (AvgIpc) is 2.19. The summed E-state index contributed by atoms with van der Waals surface area (Å²) >= 11 is 7.64. The van der Waals surface area contributed by atoms with Crippen molar-refractivity contribution in [2.24, 2.45) is 5.84 Å². The zero-order valence-corrected chi connectivity index (χ0v) is 9.74. The Morgan fingerprint density at radius 1 is 1.57 bits per heavy atom. The van der Waals surface area contributed by atoms with E-state index in [1.165, 1.54) is 4.90 Å². The van der Waals surface area contributed by atoms with Crippen molar-refractivity contribution in [1.82, 2.24) is 5.43 Å². The summed E-state index contributed by atoms with van der Waals surface area (Å²) in [5.74, 6) is 6.35. The van der Waals surface area contributed by atoms with Gasteiger partial charge in [0, 0.05) is 21.7 Å². The molecule has 0 aromatic heterocycles. The van der Waals surface area contributed by atoms with Gasteiger partial charge in [-0.2, -0.15) is 0 Å². The van der Waals surface area contributed by atoms with E-state index in [-0.39, 0.29) is 0 Å². The summed E-state index contributed by atoms with van der Waals surface area (Å²) in [6, 6.07) is 8.22. The van der Waals surface area contributed by atoms with Crippen molar-refractivity contribution in [1.29, 1.82) is 0 Å². The number of hydrogen-bond donors (Lipinski definition) is 2. The summed E-state index contributed by atoms with van der Waals surface area (Å²) in [7, 11) is 0. The van der Waals surface area contributed by atoms with Gasteiger partial charge in [0.15, 0.2) is 0 Å². The Morgan fingerprint density at radius 2 is 2.36 bits per heavy atom. The van der Waals surface area contributed by atoms with Crippen LogP contribution in [0.2, 0.25) is 5.02 Å². The van der Waals surface area contributed by atoms with E-state index in [2.05, 4.69) is 18.4 Å². The summed E-state index contributed by atoms with van der Waals surface area (Å²) in [5, 5.41) is 0.781. The molecule has 1 unspecified atom stereocenters. The molecule has 4 heteroatoms. The van der Waals surface area contributed by atoms with Gasteiger partial charge in [0.1, 0.15) is 0 Å². The first-order valence-corrected chi connectivity index (χ1v) is 5.97. The molecule has 0 fully saturated rings. The van der Waals surface area contributed by atoms with E-state index in [0.717, 1.165) is 17.2 Å². The van der Waals surface area contributed by atoms with Gasteiger partial charge in [-0.05, 0) is 24.6 Å². The Hall–Kier alpha value is -0.220. The van der Waals surface area contributed by atoms with Crippen molar-refractivity contribution in [3.8, 4) is 0 Å². The van der Waals surface area contributed by atoms with E-state index < -0.39 is 0 Å². The van der Waals surface area contributed by atoms with Crippen LogP contribution in [-0.2, 0) is 0 Å². The molecule has 3 N–H and O–H groups in total. The molecule has 1 aromatic rings. The molecular formula is C10H15ClN2S. The summed E-state index contributed by atoms with van der Waals surface area (Å²) in [5.41, 5.74) is 2.78. The fourth-order valence-electron chi connectivity index (χ4n) is 1.04. The molecule has 0 amide bonds. The number of hydrogen-bond acceptors (Lipinski definition) is 3. The average molecular weight is 231 g/mol. The summed E-state index contributed by atoms with van der Waals surface area (Å²) < 4.78 is 0. The van der Waals surface area contributed by atoms with Gasteiger partial charge in [0.05, 0.1) is 0 Å². The Balaban J connectivity index is 2.44. The van der Waals surface area contributed by atoms with E-state index in [1.807, 2.05) is 18.2 Å². The second-order valence-corrected chi connectivity index (χ2v) is 4.57. The van der Waals surface area contributed by atoms with Gasteiger partial charge in [-0.3, -0.25) is 11.3 Å². The van der Waals surface area contributed by atoms with Crippen molar-refractivity contribution < 1.29 is 0 Å². The maximum atomic E-state index is 5.87. The molecule has 1 aromatic carbocycles. The lowest BCUT2D eigenvalue weighted by molar-refractivity contribution is 0.562. The van der Waals surface area contributed by atoms with Crippen molar-refractivity contribution in [2.45, 2.75) is 24.3 Å². The van der Waals surface area contributed by atoms with Gasteiger partial charge < -0.3 is 0 Å². The van der Waals surface area contributed by atoms with Crippen LogP contribution in [0.3, 0.4) is 0 Å². The normalized spacial score (nSPS) is 12.8. The highest BCUT2D eigenvalue weighted by Gasteiger charge is 2.03. The van der Waals surface area contributed by atoms with Crippen LogP contribution in [0.15, 0.2) is 29.2 Å². The molecule has 0 aliphatic rings. The molecule has 0 spiro atoms. The molecule has 0 saturated heterocycles. The number of nitrogens with two attached hydrogens (primary N) is 1. The lowest BCUT2D eigenvalue weighted by Gasteiger charge is -2.12. The fraction of sp³-hybridized carbons (Fsp3) is 0.400. The van der Waals surface area contributed by atoms with Crippen LogP contribution in [0.25, 0.3) is 0 Å². The van der Waals surface area contributed by atoms with E-state index in [4.69, 9.17) is 17.4 Å². The third-order valence-corrected chi connectivity index (χ3v) is 3.37. The zero-order chi connectivity index (χ0) is 10.4. The minimum Gasteiger partial charge on any atom is -0.271 e. The van der Waals surface area contributed by atoms with Gasteiger partial charge in [-0.1, -0.05) is 24.6 Å². The molecule has 1 rings (SSSR count). The van der Waals surface area contributed by atoms with Crippen LogP contribution < -0.4 is 11.3 Å². The van der Waals surface area contributed by atoms with Gasteiger partial charge in [-0.25, -0.2) is 0 Å². The number of rotatable bonds is 5. The Kier molecular flexibility index (Phi) is 5.33. The van der Waals surface area contributed by atoms with Crippen molar-refractivity contribution in [2.75, 3.05) is 5.75 Å². The second kappa shape index (κ2) is 6.30. The fourth-order valence-corrected chi connectivity index (χ4v) is 2.40. The van der Waals surface area contributed by atoms with Crippen molar-refractivity contribution in [3.05, 3.63) is 29.3 Å². The quantitative estimate of drug-likeness (QED) is 0.464. The number of halogens is 1. The third kappa shape index (κ3) is 3.88. The predicted molar refractivity (Wildman–Crippen MR) is 63.6 cm³/mol. The number of benzene rings is 1. The highest BCUT2D eigenvalue weighted by molar-refractivity contribution is 7.99. The summed E-state index contributed by atoms with van der Waals surface area (Å²) in [6.07, 6.45) is 1.03. The monoisotopic (exact) mass is 230 g/mol. The first kappa shape index (κ1) is 11.9. The van der Waals surface area contributed by atoms with Crippen LogP contribution in [0.4, 0.5) is 0 Å². The van der Waals surface area contributed by atoms with Crippen LogP contribution in [0.5, 0.6) is 0 Å². The molecule has 0 radical (unpaired) electrons. The molecule has 0 aliphatic heterocycles. The number of thioether (sulfide) groups is 1. The zero-order valence-electron chi connectivity index (χ0n) is 8.16. The van der Waals surface area contributed by atoms with Gasteiger partial charge in [0.2, 0.25) is 0 Å².